The van der Waals surface area contributed by atoms with E-state index < -0.39 is 16.0 Å². The molecule has 0 bridgehead atoms. The molecule has 4 N–H and O–H groups in total. The highest BCUT2D eigenvalue weighted by Crippen LogP contribution is 2.36. The Morgan fingerprint density at radius 3 is 2.33 bits per heavy atom. The summed E-state index contributed by atoms with van der Waals surface area (Å²) < 4.78 is 42.0. The van der Waals surface area contributed by atoms with Crippen LogP contribution in [0.1, 0.15) is 5.56 Å². The smallest absolute Gasteiger partial charge is 0.307 e. The van der Waals surface area contributed by atoms with Gasteiger partial charge in [0.05, 0.1) is 57.3 Å². The van der Waals surface area contributed by atoms with Gasteiger partial charge in [-0.25, -0.2) is 13.4 Å². The highest BCUT2D eigenvalue weighted by Gasteiger charge is 2.16. The maximum Gasteiger partial charge on any atom is 0.307 e. The lowest BCUT2D eigenvalue weighted by molar-refractivity contribution is -0.136. The number of hydrogen-bond acceptors (Lipinski definition) is 10. The topological polar surface area (TPSA) is 161 Å². The van der Waals surface area contributed by atoms with Gasteiger partial charge in [-0.1, -0.05) is 11.6 Å². The Morgan fingerprint density at radius 2 is 1.72 bits per heavy atom. The number of hydrogen-bond donors (Lipinski definition) is 4. The van der Waals surface area contributed by atoms with E-state index in [1.165, 1.54) is 33.6 Å². The van der Waals surface area contributed by atoms with Gasteiger partial charge in [0.1, 0.15) is 22.3 Å². The first-order valence-corrected chi connectivity index (χ1v) is 12.5. The number of halogens is 1. The average Bonchev–Trinajstić information content (AvgIpc) is 2.81. The van der Waals surface area contributed by atoms with Crippen LogP contribution in [0.25, 0.3) is 0 Å². The molecule has 0 unspecified atom stereocenters. The number of anilines is 5. The minimum atomic E-state index is -3.59. The zero-order chi connectivity index (χ0) is 26.5. The lowest BCUT2D eigenvalue weighted by atomic mass is 10.1. The van der Waals surface area contributed by atoms with Crippen LogP contribution in [0.3, 0.4) is 0 Å². The van der Waals surface area contributed by atoms with Crippen molar-refractivity contribution in [3.63, 3.8) is 0 Å². The van der Waals surface area contributed by atoms with Gasteiger partial charge in [0, 0.05) is 17.7 Å². The molecule has 2 aromatic carbocycles. The van der Waals surface area contributed by atoms with Crippen molar-refractivity contribution in [1.29, 1.82) is 0 Å². The third-order valence-corrected chi connectivity index (χ3v) is 5.58. The zero-order valence-electron chi connectivity index (χ0n) is 19.7. The first-order chi connectivity index (χ1) is 17.0. The fourth-order valence-electron chi connectivity index (χ4n) is 3.17. The van der Waals surface area contributed by atoms with Crippen LogP contribution in [0.15, 0.2) is 36.5 Å². The van der Waals surface area contributed by atoms with Gasteiger partial charge in [0.2, 0.25) is 16.0 Å². The quantitative estimate of drug-likeness (QED) is 0.282. The first-order valence-electron chi connectivity index (χ1n) is 10.2. The molecule has 14 heteroatoms. The highest BCUT2D eigenvalue weighted by molar-refractivity contribution is 7.92. The second-order valence-electron chi connectivity index (χ2n) is 7.36. The van der Waals surface area contributed by atoms with Gasteiger partial charge >= 0.3 is 5.97 Å². The van der Waals surface area contributed by atoms with Gasteiger partial charge in [-0.15, -0.1) is 0 Å². The molecule has 3 rings (SSSR count). The van der Waals surface area contributed by atoms with Crippen LogP contribution in [0.4, 0.5) is 28.8 Å². The molecule has 192 valence electrons. The molecule has 0 aliphatic carbocycles. The molecule has 3 aromatic rings. The number of carboxylic acid groups (broad SMARTS) is 1. The van der Waals surface area contributed by atoms with E-state index in [-0.39, 0.29) is 28.9 Å². The second kappa shape index (κ2) is 11.2. The van der Waals surface area contributed by atoms with Crippen LogP contribution in [0, 0.1) is 0 Å². The molecule has 0 spiro atoms. The lowest BCUT2D eigenvalue weighted by Crippen LogP contribution is -2.11. The predicted molar refractivity (Wildman–Crippen MR) is 136 cm³/mol. The van der Waals surface area contributed by atoms with Crippen molar-refractivity contribution < 1.29 is 32.5 Å². The van der Waals surface area contributed by atoms with E-state index in [4.69, 9.17) is 30.9 Å². The number of rotatable bonds is 11. The average molecular weight is 538 g/mol. The molecule has 36 heavy (non-hydrogen) atoms. The van der Waals surface area contributed by atoms with E-state index in [9.17, 15) is 13.2 Å². The van der Waals surface area contributed by atoms with E-state index in [0.29, 0.717) is 34.2 Å². The summed E-state index contributed by atoms with van der Waals surface area (Å²) in [7, 11) is 0.737. The SMILES string of the molecule is COc1ccc(Nc2nc(Nc3cc(OC)c(CC(=O)O)cc3OC)ncc2Cl)c(NS(C)(=O)=O)c1. The van der Waals surface area contributed by atoms with E-state index in [2.05, 4.69) is 25.3 Å². The van der Waals surface area contributed by atoms with Crippen molar-refractivity contribution >= 4 is 56.4 Å². The largest absolute Gasteiger partial charge is 0.497 e. The Morgan fingerprint density at radius 1 is 1.00 bits per heavy atom. The molecule has 0 atom stereocenters. The number of methoxy groups -OCH3 is 3. The third kappa shape index (κ3) is 6.79. The summed E-state index contributed by atoms with van der Waals surface area (Å²) in [5.74, 6) is 0.410. The summed E-state index contributed by atoms with van der Waals surface area (Å²) in [6.07, 6.45) is 2.13. The van der Waals surface area contributed by atoms with Gasteiger partial charge in [0.15, 0.2) is 5.82 Å². The van der Waals surface area contributed by atoms with E-state index in [0.717, 1.165) is 6.26 Å². The van der Waals surface area contributed by atoms with Gasteiger partial charge < -0.3 is 30.0 Å². The fourth-order valence-corrected chi connectivity index (χ4v) is 3.87. The van der Waals surface area contributed by atoms with E-state index >= 15 is 0 Å². The van der Waals surface area contributed by atoms with Crippen molar-refractivity contribution in [3.8, 4) is 17.2 Å². The summed E-state index contributed by atoms with van der Waals surface area (Å²) in [6, 6.07) is 7.87. The summed E-state index contributed by atoms with van der Waals surface area (Å²) in [5.41, 5.74) is 1.43. The van der Waals surface area contributed by atoms with E-state index in [1.54, 1.807) is 24.3 Å². The van der Waals surface area contributed by atoms with Crippen molar-refractivity contribution in [2.75, 3.05) is 42.9 Å². The standard InChI is InChI=1S/C22H24ClN5O7S/c1-33-13-5-6-15(16(9-13)28-36(4,31)32)25-21-14(23)11-24-22(27-21)26-17-10-18(34-2)12(8-20(29)30)7-19(17)35-3/h5-7,9-11,28H,8H2,1-4H3,(H,29,30)(H2,24,25,26,27). The number of aliphatic carboxylic acids is 1. The molecule has 0 saturated carbocycles. The molecule has 12 nitrogen and oxygen atoms in total. The van der Waals surface area contributed by atoms with E-state index in [1.807, 2.05) is 0 Å². The molecule has 1 aromatic heterocycles. The summed E-state index contributed by atoms with van der Waals surface area (Å²) in [5, 5.41) is 15.3. The lowest BCUT2D eigenvalue weighted by Gasteiger charge is -2.17. The molecule has 0 saturated heterocycles. The number of aromatic nitrogens is 2. The Bertz CT molecular complexity index is 1390. The summed E-state index contributed by atoms with van der Waals surface area (Å²) in [4.78, 5) is 19.7. The van der Waals surface area contributed by atoms with Gasteiger partial charge in [-0.2, -0.15) is 4.98 Å². The number of sulfonamides is 1. The van der Waals surface area contributed by atoms with Gasteiger partial charge in [-0.05, 0) is 18.2 Å². The number of nitrogens with one attached hydrogen (secondary N) is 3. The van der Waals surface area contributed by atoms with Crippen molar-refractivity contribution in [2.45, 2.75) is 6.42 Å². The number of ether oxygens (including phenoxy) is 3. The predicted octanol–water partition coefficient (Wildman–Crippen LogP) is 3.64. The van der Waals surface area contributed by atoms with Crippen molar-refractivity contribution in [1.82, 2.24) is 9.97 Å². The summed E-state index contributed by atoms with van der Waals surface area (Å²) in [6.45, 7) is 0. The molecule has 1 heterocycles. The minimum Gasteiger partial charge on any atom is -0.497 e. The molecule has 0 fully saturated rings. The molecular formula is C22H24ClN5O7S. The molecular weight excluding hydrogens is 514 g/mol. The van der Waals surface area contributed by atoms with Crippen LogP contribution in [0.2, 0.25) is 5.02 Å². The monoisotopic (exact) mass is 537 g/mol. The molecule has 0 amide bonds. The number of benzene rings is 2. The van der Waals surface area contributed by atoms with Crippen LogP contribution >= 0.6 is 11.6 Å². The molecule has 0 radical (unpaired) electrons. The molecule has 0 aliphatic rings. The summed E-state index contributed by atoms with van der Waals surface area (Å²) >= 11 is 6.29. The Hall–Kier alpha value is -3.97. The van der Waals surface area contributed by atoms with Gasteiger partial charge in [-0.3, -0.25) is 9.52 Å². The van der Waals surface area contributed by atoms with Gasteiger partial charge in [0.25, 0.3) is 0 Å². The fraction of sp³-hybridized carbons (Fsp3) is 0.227. The number of carbonyl (C=O) groups is 1. The molecule has 0 aliphatic heterocycles. The van der Waals surface area contributed by atoms with Crippen molar-refractivity contribution in [2.24, 2.45) is 0 Å². The number of carboxylic acids is 1. The minimum absolute atomic E-state index is 0.124. The van der Waals surface area contributed by atoms with Crippen LogP contribution in [0.5, 0.6) is 17.2 Å². The maximum atomic E-state index is 11.8. The second-order valence-corrected chi connectivity index (χ2v) is 9.52. The first kappa shape index (κ1) is 26.6. The van der Waals surface area contributed by atoms with Crippen molar-refractivity contribution in [3.05, 3.63) is 47.1 Å². The Kier molecular flexibility index (Phi) is 8.27. The number of nitrogens with zero attached hydrogens (tertiary/aromatic N) is 2. The maximum absolute atomic E-state index is 11.8. The Labute approximate surface area is 212 Å². The van der Waals surface area contributed by atoms with Crippen LogP contribution < -0.4 is 29.6 Å². The third-order valence-electron chi connectivity index (χ3n) is 4.71. The van der Waals surface area contributed by atoms with Crippen LogP contribution in [-0.2, 0) is 21.2 Å². The Balaban J connectivity index is 1.96. The highest BCUT2D eigenvalue weighted by atomic mass is 35.5. The normalized spacial score (nSPS) is 10.9. The van der Waals surface area contributed by atoms with Crippen LogP contribution in [-0.4, -0.2) is 57.0 Å². The zero-order valence-corrected chi connectivity index (χ0v) is 21.3.